The Bertz CT molecular complexity index is 478. The normalized spacial score (nSPS) is 10.2. The third-order valence-corrected chi connectivity index (χ3v) is 2.79. The van der Waals surface area contributed by atoms with Gasteiger partial charge in [0.2, 0.25) is 0 Å². The van der Waals surface area contributed by atoms with Gasteiger partial charge in [-0.2, -0.15) is 0 Å². The van der Waals surface area contributed by atoms with Crippen LogP contribution in [0.25, 0.3) is 0 Å². The smallest absolute Gasteiger partial charge is 0.122 e. The van der Waals surface area contributed by atoms with Crippen molar-refractivity contribution >= 4 is 0 Å². The van der Waals surface area contributed by atoms with Gasteiger partial charge in [0, 0.05) is 0 Å². The first-order chi connectivity index (χ1) is 8.29. The summed E-state index contributed by atoms with van der Waals surface area (Å²) in [5, 5.41) is 9.47. The lowest BCUT2D eigenvalue weighted by molar-refractivity contribution is 0.406. The van der Waals surface area contributed by atoms with Crippen LogP contribution in [0.2, 0.25) is 0 Å². The lowest BCUT2D eigenvalue weighted by Crippen LogP contribution is -1.95. The Balaban J connectivity index is 2.11. The van der Waals surface area contributed by atoms with E-state index in [1.807, 2.05) is 18.2 Å². The molecule has 17 heavy (non-hydrogen) atoms. The third kappa shape index (κ3) is 3.00. The van der Waals surface area contributed by atoms with Gasteiger partial charge in [0.15, 0.2) is 0 Å². The van der Waals surface area contributed by atoms with E-state index in [1.54, 1.807) is 25.3 Å². The number of phenols is 1. The van der Waals surface area contributed by atoms with Gasteiger partial charge in [0.25, 0.3) is 0 Å². The molecule has 0 saturated heterocycles. The molecule has 0 saturated carbocycles. The second-order valence-electron chi connectivity index (χ2n) is 3.98. The van der Waals surface area contributed by atoms with Crippen molar-refractivity contribution in [2.24, 2.45) is 0 Å². The van der Waals surface area contributed by atoms with E-state index in [4.69, 9.17) is 4.74 Å². The van der Waals surface area contributed by atoms with Crippen molar-refractivity contribution in [1.82, 2.24) is 0 Å². The molecule has 0 heterocycles. The zero-order chi connectivity index (χ0) is 12.1. The summed E-state index contributed by atoms with van der Waals surface area (Å²) < 4.78 is 5.28. The van der Waals surface area contributed by atoms with Gasteiger partial charge < -0.3 is 9.84 Å². The Morgan fingerprint density at radius 1 is 1.00 bits per heavy atom. The van der Waals surface area contributed by atoms with Crippen molar-refractivity contribution in [3.8, 4) is 11.5 Å². The molecule has 0 aliphatic heterocycles. The van der Waals surface area contributed by atoms with Crippen LogP contribution in [0.3, 0.4) is 0 Å². The molecule has 2 nitrogen and oxygen atoms in total. The SMILES string of the molecule is COc1ccc(O)cc1CCc1ccccc1. The van der Waals surface area contributed by atoms with Gasteiger partial charge in [0.1, 0.15) is 11.5 Å². The highest BCUT2D eigenvalue weighted by atomic mass is 16.5. The number of methoxy groups -OCH3 is 1. The Kier molecular flexibility index (Phi) is 3.66. The summed E-state index contributed by atoms with van der Waals surface area (Å²) in [6.07, 6.45) is 1.81. The van der Waals surface area contributed by atoms with Crippen molar-refractivity contribution in [1.29, 1.82) is 0 Å². The van der Waals surface area contributed by atoms with E-state index in [2.05, 4.69) is 12.1 Å². The average Bonchev–Trinajstić information content (AvgIpc) is 2.38. The van der Waals surface area contributed by atoms with E-state index in [1.165, 1.54) is 5.56 Å². The van der Waals surface area contributed by atoms with E-state index in [0.717, 1.165) is 24.2 Å². The number of phenolic OH excluding ortho intramolecular Hbond substituents is 1. The standard InChI is InChI=1S/C15H16O2/c1-17-15-10-9-14(16)11-13(15)8-7-12-5-3-2-4-6-12/h2-6,9-11,16H,7-8H2,1H3. The fraction of sp³-hybridized carbons (Fsp3) is 0.200. The Morgan fingerprint density at radius 3 is 2.47 bits per heavy atom. The predicted octanol–water partition coefficient (Wildman–Crippen LogP) is 3.19. The molecule has 0 amide bonds. The molecule has 0 fully saturated rings. The second-order valence-corrected chi connectivity index (χ2v) is 3.98. The molecular weight excluding hydrogens is 212 g/mol. The molecule has 0 radical (unpaired) electrons. The van der Waals surface area contributed by atoms with E-state index < -0.39 is 0 Å². The number of rotatable bonds is 4. The van der Waals surface area contributed by atoms with Gasteiger partial charge in [-0.15, -0.1) is 0 Å². The Labute approximate surface area is 101 Å². The van der Waals surface area contributed by atoms with E-state index in [-0.39, 0.29) is 5.75 Å². The molecular formula is C15H16O2. The van der Waals surface area contributed by atoms with Crippen molar-refractivity contribution in [3.63, 3.8) is 0 Å². The molecule has 1 N–H and O–H groups in total. The molecule has 2 heteroatoms. The fourth-order valence-electron chi connectivity index (χ4n) is 1.88. The molecule has 0 unspecified atom stereocenters. The van der Waals surface area contributed by atoms with Crippen molar-refractivity contribution < 1.29 is 9.84 Å². The molecule has 0 bridgehead atoms. The lowest BCUT2D eigenvalue weighted by Gasteiger charge is -2.08. The predicted molar refractivity (Wildman–Crippen MR) is 68.5 cm³/mol. The van der Waals surface area contributed by atoms with E-state index in [9.17, 15) is 5.11 Å². The van der Waals surface area contributed by atoms with Gasteiger partial charge in [-0.1, -0.05) is 30.3 Å². The maximum atomic E-state index is 9.47. The van der Waals surface area contributed by atoms with Crippen molar-refractivity contribution in [2.45, 2.75) is 12.8 Å². The van der Waals surface area contributed by atoms with Crippen LogP contribution in [0.15, 0.2) is 48.5 Å². The molecule has 2 aromatic carbocycles. The number of aryl methyl sites for hydroxylation is 2. The summed E-state index contributed by atoms with van der Waals surface area (Å²) in [6, 6.07) is 15.5. The van der Waals surface area contributed by atoms with Crippen LogP contribution >= 0.6 is 0 Å². The number of hydrogen-bond donors (Lipinski definition) is 1. The van der Waals surface area contributed by atoms with Crippen LogP contribution in [-0.2, 0) is 12.8 Å². The molecule has 0 aromatic heterocycles. The van der Waals surface area contributed by atoms with Crippen LogP contribution in [0, 0.1) is 0 Å². The van der Waals surface area contributed by atoms with Crippen LogP contribution < -0.4 is 4.74 Å². The largest absolute Gasteiger partial charge is 0.508 e. The van der Waals surface area contributed by atoms with Gasteiger partial charge >= 0.3 is 0 Å². The molecule has 0 aliphatic carbocycles. The first-order valence-electron chi connectivity index (χ1n) is 5.69. The number of aromatic hydroxyl groups is 1. The monoisotopic (exact) mass is 228 g/mol. The summed E-state index contributed by atoms with van der Waals surface area (Å²) in [6.45, 7) is 0. The highest BCUT2D eigenvalue weighted by Crippen LogP contribution is 2.24. The molecule has 0 atom stereocenters. The zero-order valence-electron chi connectivity index (χ0n) is 9.89. The summed E-state index contributed by atoms with van der Waals surface area (Å²) >= 11 is 0. The minimum absolute atomic E-state index is 0.286. The van der Waals surface area contributed by atoms with Gasteiger partial charge in [-0.3, -0.25) is 0 Å². The number of ether oxygens (including phenoxy) is 1. The van der Waals surface area contributed by atoms with Crippen molar-refractivity contribution in [2.75, 3.05) is 7.11 Å². The Morgan fingerprint density at radius 2 is 1.76 bits per heavy atom. The first kappa shape index (κ1) is 11.5. The molecule has 0 spiro atoms. The summed E-state index contributed by atoms with van der Waals surface area (Å²) in [5.74, 6) is 1.12. The highest BCUT2D eigenvalue weighted by Gasteiger charge is 2.04. The van der Waals surface area contributed by atoms with Gasteiger partial charge in [-0.25, -0.2) is 0 Å². The summed E-state index contributed by atoms with van der Waals surface area (Å²) in [5.41, 5.74) is 2.33. The lowest BCUT2D eigenvalue weighted by atomic mass is 10.0. The number of hydrogen-bond acceptors (Lipinski definition) is 2. The van der Waals surface area contributed by atoms with E-state index in [0.29, 0.717) is 0 Å². The average molecular weight is 228 g/mol. The minimum Gasteiger partial charge on any atom is -0.508 e. The van der Waals surface area contributed by atoms with Crippen LogP contribution in [-0.4, -0.2) is 12.2 Å². The second kappa shape index (κ2) is 5.39. The van der Waals surface area contributed by atoms with E-state index >= 15 is 0 Å². The topological polar surface area (TPSA) is 29.5 Å². The first-order valence-corrected chi connectivity index (χ1v) is 5.69. The third-order valence-electron chi connectivity index (χ3n) is 2.79. The maximum absolute atomic E-state index is 9.47. The zero-order valence-corrected chi connectivity index (χ0v) is 9.89. The van der Waals surface area contributed by atoms with Crippen molar-refractivity contribution in [3.05, 3.63) is 59.7 Å². The highest BCUT2D eigenvalue weighted by molar-refractivity contribution is 5.40. The van der Waals surface area contributed by atoms with Crippen LogP contribution in [0.5, 0.6) is 11.5 Å². The van der Waals surface area contributed by atoms with Gasteiger partial charge in [-0.05, 0) is 42.2 Å². The maximum Gasteiger partial charge on any atom is 0.122 e. The Hall–Kier alpha value is -1.96. The van der Waals surface area contributed by atoms with Crippen LogP contribution in [0.4, 0.5) is 0 Å². The molecule has 2 rings (SSSR count). The minimum atomic E-state index is 0.286. The molecule has 2 aromatic rings. The quantitative estimate of drug-likeness (QED) is 0.870. The summed E-state index contributed by atoms with van der Waals surface area (Å²) in [7, 11) is 1.65. The van der Waals surface area contributed by atoms with Crippen LogP contribution in [0.1, 0.15) is 11.1 Å². The number of benzene rings is 2. The fourth-order valence-corrected chi connectivity index (χ4v) is 1.88. The summed E-state index contributed by atoms with van der Waals surface area (Å²) in [4.78, 5) is 0. The molecule has 88 valence electrons. The molecule has 0 aliphatic rings. The van der Waals surface area contributed by atoms with Gasteiger partial charge in [0.05, 0.1) is 7.11 Å².